The lowest BCUT2D eigenvalue weighted by molar-refractivity contribution is 0.562. The Labute approximate surface area is 110 Å². The van der Waals surface area contributed by atoms with E-state index in [1.807, 2.05) is 13.0 Å². The number of nitrogens with one attached hydrogen (secondary N) is 2. The van der Waals surface area contributed by atoms with Crippen LogP contribution in [0.3, 0.4) is 0 Å². The second-order valence-electron chi connectivity index (χ2n) is 3.79. The van der Waals surface area contributed by atoms with Crippen molar-refractivity contribution in [3.8, 4) is 0 Å². The standard InChI is InChI=1S/C10H14N4O2S2/c1-3-8-4-5-9(17-8)18(15,16)14-7(2)10-11-6-12-13-10/h4-7,14H,3H2,1-2H3,(H,11,12,13). The number of thiophene rings is 1. The lowest BCUT2D eigenvalue weighted by atomic mass is 10.3. The summed E-state index contributed by atoms with van der Waals surface area (Å²) in [5.74, 6) is 0.492. The fraction of sp³-hybridized carbons (Fsp3) is 0.400. The zero-order chi connectivity index (χ0) is 13.2. The van der Waals surface area contributed by atoms with Crippen LogP contribution in [0, 0.1) is 0 Å². The lowest BCUT2D eigenvalue weighted by Crippen LogP contribution is -2.27. The number of hydrogen-bond donors (Lipinski definition) is 2. The maximum atomic E-state index is 12.1. The van der Waals surface area contributed by atoms with Gasteiger partial charge in [-0.1, -0.05) is 6.92 Å². The molecule has 0 aliphatic rings. The first-order valence-corrected chi connectivity index (χ1v) is 7.79. The van der Waals surface area contributed by atoms with Crippen LogP contribution in [0.4, 0.5) is 0 Å². The summed E-state index contributed by atoms with van der Waals surface area (Å²) < 4.78 is 27.1. The Morgan fingerprint density at radius 2 is 2.28 bits per heavy atom. The molecule has 1 atom stereocenters. The third-order valence-corrected chi connectivity index (χ3v) is 5.69. The zero-order valence-electron chi connectivity index (χ0n) is 10.0. The SMILES string of the molecule is CCc1ccc(S(=O)(=O)NC(C)c2ncn[nH]2)s1. The van der Waals surface area contributed by atoms with Crippen LogP contribution in [-0.4, -0.2) is 23.6 Å². The molecule has 0 bridgehead atoms. The van der Waals surface area contributed by atoms with Crippen LogP contribution < -0.4 is 4.72 Å². The molecular weight excluding hydrogens is 272 g/mol. The number of aromatic nitrogens is 3. The largest absolute Gasteiger partial charge is 0.262 e. The smallest absolute Gasteiger partial charge is 0.250 e. The Morgan fingerprint density at radius 3 is 2.83 bits per heavy atom. The van der Waals surface area contributed by atoms with Crippen LogP contribution in [-0.2, 0) is 16.4 Å². The van der Waals surface area contributed by atoms with Crippen LogP contribution >= 0.6 is 11.3 Å². The second kappa shape index (κ2) is 5.17. The number of aryl methyl sites for hydroxylation is 1. The number of sulfonamides is 1. The van der Waals surface area contributed by atoms with Crippen LogP contribution in [0.1, 0.15) is 30.6 Å². The fourth-order valence-corrected chi connectivity index (χ4v) is 3.98. The average Bonchev–Trinajstić information content (AvgIpc) is 3.00. The summed E-state index contributed by atoms with van der Waals surface area (Å²) >= 11 is 1.28. The Morgan fingerprint density at radius 1 is 1.50 bits per heavy atom. The first-order valence-electron chi connectivity index (χ1n) is 5.49. The van der Waals surface area contributed by atoms with Crippen LogP contribution in [0.25, 0.3) is 0 Å². The van der Waals surface area contributed by atoms with Gasteiger partial charge in [-0.15, -0.1) is 11.3 Å². The van der Waals surface area contributed by atoms with Gasteiger partial charge >= 0.3 is 0 Å². The van der Waals surface area contributed by atoms with E-state index in [1.54, 1.807) is 13.0 Å². The highest BCUT2D eigenvalue weighted by Gasteiger charge is 2.21. The van der Waals surface area contributed by atoms with E-state index in [0.717, 1.165) is 11.3 Å². The van der Waals surface area contributed by atoms with Gasteiger partial charge in [0.2, 0.25) is 0 Å². The summed E-state index contributed by atoms with van der Waals surface area (Å²) in [4.78, 5) is 4.97. The molecule has 0 aliphatic heterocycles. The van der Waals surface area contributed by atoms with Crippen molar-refractivity contribution in [3.05, 3.63) is 29.2 Å². The topological polar surface area (TPSA) is 87.7 Å². The molecule has 1 unspecified atom stereocenters. The van der Waals surface area contributed by atoms with Gasteiger partial charge in [0.25, 0.3) is 10.0 Å². The minimum Gasteiger partial charge on any atom is -0.262 e. The Balaban J connectivity index is 2.17. The third-order valence-electron chi connectivity index (χ3n) is 2.43. The summed E-state index contributed by atoms with van der Waals surface area (Å²) in [5.41, 5.74) is 0. The molecule has 0 saturated carbocycles. The minimum absolute atomic E-state index is 0.325. The van der Waals surface area contributed by atoms with Gasteiger partial charge in [-0.05, 0) is 25.5 Å². The van der Waals surface area contributed by atoms with Crippen LogP contribution in [0.5, 0.6) is 0 Å². The molecule has 2 aromatic rings. The molecule has 6 nitrogen and oxygen atoms in total. The molecule has 0 amide bonds. The normalized spacial score (nSPS) is 13.7. The van der Waals surface area contributed by atoms with Crippen molar-refractivity contribution in [1.82, 2.24) is 19.9 Å². The highest BCUT2D eigenvalue weighted by Crippen LogP contribution is 2.23. The Hall–Kier alpha value is -1.25. The summed E-state index contributed by atoms with van der Waals surface area (Å²) in [6.07, 6.45) is 2.18. The number of nitrogens with zero attached hydrogens (tertiary/aromatic N) is 2. The number of rotatable bonds is 5. The fourth-order valence-electron chi connectivity index (χ4n) is 1.46. The average molecular weight is 286 g/mol. The van der Waals surface area contributed by atoms with Crippen molar-refractivity contribution >= 4 is 21.4 Å². The van der Waals surface area contributed by atoms with Gasteiger partial charge in [0, 0.05) is 4.88 Å². The maximum absolute atomic E-state index is 12.1. The molecule has 8 heteroatoms. The van der Waals surface area contributed by atoms with Gasteiger partial charge in [0.15, 0.2) is 0 Å². The quantitative estimate of drug-likeness (QED) is 0.871. The Bertz CT molecular complexity index is 604. The second-order valence-corrected chi connectivity index (χ2v) is 6.90. The Kier molecular flexibility index (Phi) is 3.79. The predicted molar refractivity (Wildman–Crippen MR) is 68.8 cm³/mol. The molecule has 0 radical (unpaired) electrons. The summed E-state index contributed by atoms with van der Waals surface area (Å²) in [7, 11) is -3.49. The highest BCUT2D eigenvalue weighted by atomic mass is 32.2. The molecule has 2 N–H and O–H groups in total. The summed E-state index contributed by atoms with van der Waals surface area (Å²) in [6.45, 7) is 3.71. The molecular formula is C10H14N4O2S2. The van der Waals surface area contributed by atoms with Crippen molar-refractivity contribution < 1.29 is 8.42 Å². The molecule has 18 heavy (non-hydrogen) atoms. The van der Waals surface area contributed by atoms with Crippen molar-refractivity contribution in [2.24, 2.45) is 0 Å². The first kappa shape index (κ1) is 13.2. The molecule has 0 aromatic carbocycles. The van der Waals surface area contributed by atoms with Crippen molar-refractivity contribution in [2.45, 2.75) is 30.5 Å². The first-order chi connectivity index (χ1) is 8.53. The molecule has 2 aromatic heterocycles. The van der Waals surface area contributed by atoms with Crippen LogP contribution in [0.15, 0.2) is 22.7 Å². The van der Waals surface area contributed by atoms with E-state index in [9.17, 15) is 8.42 Å². The third kappa shape index (κ3) is 2.77. The van der Waals surface area contributed by atoms with E-state index < -0.39 is 16.1 Å². The van der Waals surface area contributed by atoms with Gasteiger partial charge in [-0.2, -0.15) is 5.10 Å². The lowest BCUT2D eigenvalue weighted by Gasteiger charge is -2.10. The van der Waals surface area contributed by atoms with Gasteiger partial charge in [-0.25, -0.2) is 18.1 Å². The molecule has 98 valence electrons. The number of H-pyrrole nitrogens is 1. The van der Waals surface area contributed by atoms with Gasteiger partial charge in [0.1, 0.15) is 16.4 Å². The van der Waals surface area contributed by atoms with Gasteiger partial charge in [0.05, 0.1) is 6.04 Å². The monoisotopic (exact) mass is 286 g/mol. The summed E-state index contributed by atoms with van der Waals surface area (Å²) in [5, 5.41) is 6.34. The molecule has 2 heterocycles. The van der Waals surface area contributed by atoms with E-state index in [0.29, 0.717) is 10.0 Å². The van der Waals surface area contributed by atoms with Crippen molar-refractivity contribution in [2.75, 3.05) is 0 Å². The minimum atomic E-state index is -3.49. The predicted octanol–water partition coefficient (Wildman–Crippen LogP) is 1.47. The van der Waals surface area contributed by atoms with E-state index in [2.05, 4.69) is 19.9 Å². The molecule has 0 saturated heterocycles. The van der Waals surface area contributed by atoms with Gasteiger partial charge in [-0.3, -0.25) is 5.10 Å². The maximum Gasteiger partial charge on any atom is 0.250 e. The number of aromatic amines is 1. The summed E-state index contributed by atoms with van der Waals surface area (Å²) in [6, 6.07) is 3.02. The highest BCUT2D eigenvalue weighted by molar-refractivity contribution is 7.91. The molecule has 0 fully saturated rings. The molecule has 0 spiro atoms. The van der Waals surface area contributed by atoms with Crippen LogP contribution in [0.2, 0.25) is 0 Å². The zero-order valence-corrected chi connectivity index (χ0v) is 11.7. The van der Waals surface area contributed by atoms with E-state index in [4.69, 9.17) is 0 Å². The van der Waals surface area contributed by atoms with E-state index in [1.165, 1.54) is 17.7 Å². The number of hydrogen-bond acceptors (Lipinski definition) is 5. The van der Waals surface area contributed by atoms with E-state index in [-0.39, 0.29) is 0 Å². The van der Waals surface area contributed by atoms with Crippen molar-refractivity contribution in [3.63, 3.8) is 0 Å². The van der Waals surface area contributed by atoms with Gasteiger partial charge < -0.3 is 0 Å². The molecule has 0 aliphatic carbocycles. The van der Waals surface area contributed by atoms with Crippen molar-refractivity contribution in [1.29, 1.82) is 0 Å². The van der Waals surface area contributed by atoms with E-state index >= 15 is 0 Å². The molecule has 2 rings (SSSR count).